The second-order valence-electron chi connectivity index (χ2n) is 9.78. The van der Waals surface area contributed by atoms with Gasteiger partial charge in [0, 0.05) is 25.8 Å². The fourth-order valence-electron chi connectivity index (χ4n) is 4.78. The number of alkyl halides is 5. The number of anilines is 2. The molecule has 4 aromatic rings. The average molecular weight is 564 g/mol. The maximum Gasteiger partial charge on any atom is 0.453 e. The van der Waals surface area contributed by atoms with Gasteiger partial charge < -0.3 is 15.5 Å². The maximum absolute atomic E-state index is 13.6. The van der Waals surface area contributed by atoms with Crippen molar-refractivity contribution in [3.05, 3.63) is 29.4 Å². The SMILES string of the molecule is CCC1(c2nnc(C3CC3)o2)C(=O)Nc2nc(-c3nc(CCC(F)(F)C(F)(F)F)nc4c3cnn4C)nc(N)c21. The molecule has 12 nitrogen and oxygen atoms in total. The van der Waals surface area contributed by atoms with Crippen LogP contribution in [0.5, 0.6) is 0 Å². The first-order valence-electron chi connectivity index (χ1n) is 12.3. The second kappa shape index (κ2) is 8.59. The van der Waals surface area contributed by atoms with Gasteiger partial charge >= 0.3 is 12.1 Å². The Morgan fingerprint density at radius 3 is 2.58 bits per heavy atom. The lowest BCUT2D eigenvalue weighted by Gasteiger charge is -2.22. The van der Waals surface area contributed by atoms with Crippen LogP contribution >= 0.6 is 0 Å². The van der Waals surface area contributed by atoms with E-state index in [0.717, 1.165) is 12.8 Å². The van der Waals surface area contributed by atoms with Crippen LogP contribution in [0.2, 0.25) is 0 Å². The van der Waals surface area contributed by atoms with Crippen LogP contribution in [0, 0.1) is 0 Å². The van der Waals surface area contributed by atoms with Crippen molar-refractivity contribution in [1.82, 2.24) is 39.9 Å². The van der Waals surface area contributed by atoms with Crippen molar-refractivity contribution in [2.75, 3.05) is 11.1 Å². The molecule has 0 spiro atoms. The van der Waals surface area contributed by atoms with Crippen LogP contribution in [0.25, 0.3) is 22.6 Å². The summed E-state index contributed by atoms with van der Waals surface area (Å²) in [4.78, 5) is 30.4. The first-order chi connectivity index (χ1) is 18.9. The van der Waals surface area contributed by atoms with E-state index in [0.29, 0.717) is 11.3 Å². The number of nitrogens with zero attached hydrogens (tertiary/aromatic N) is 8. The lowest BCUT2D eigenvalue weighted by molar-refractivity contribution is -0.284. The van der Waals surface area contributed by atoms with E-state index < -0.39 is 36.3 Å². The van der Waals surface area contributed by atoms with Crippen molar-refractivity contribution >= 4 is 28.6 Å². The number of amides is 1. The number of carbonyl (C=O) groups excluding carboxylic acids is 1. The monoisotopic (exact) mass is 564 g/mol. The molecule has 1 fully saturated rings. The number of carbonyl (C=O) groups is 1. The van der Waals surface area contributed by atoms with Gasteiger partial charge in [0.15, 0.2) is 16.9 Å². The van der Waals surface area contributed by atoms with E-state index in [2.05, 4.69) is 40.5 Å². The molecule has 5 heterocycles. The van der Waals surface area contributed by atoms with Crippen molar-refractivity contribution in [3.8, 4) is 11.5 Å². The first-order valence-corrected chi connectivity index (χ1v) is 12.3. The third-order valence-electron chi connectivity index (χ3n) is 7.17. The van der Waals surface area contributed by atoms with Crippen LogP contribution in [0.4, 0.5) is 33.6 Å². The Morgan fingerprint density at radius 1 is 1.15 bits per heavy atom. The molecule has 17 heteroatoms. The smallest absolute Gasteiger partial charge is 0.423 e. The highest BCUT2D eigenvalue weighted by Gasteiger charge is 2.57. The first kappa shape index (κ1) is 25.9. The topological polar surface area (TPSA) is 163 Å². The van der Waals surface area contributed by atoms with Gasteiger partial charge in [0.25, 0.3) is 0 Å². The maximum atomic E-state index is 13.6. The Kier molecular flexibility index (Phi) is 5.57. The van der Waals surface area contributed by atoms with Crippen LogP contribution in [-0.2, 0) is 23.7 Å². The molecule has 3 N–H and O–H groups in total. The van der Waals surface area contributed by atoms with Crippen LogP contribution < -0.4 is 11.1 Å². The lowest BCUT2D eigenvalue weighted by Crippen LogP contribution is -2.36. The van der Waals surface area contributed by atoms with E-state index >= 15 is 0 Å². The van der Waals surface area contributed by atoms with Gasteiger partial charge in [-0.2, -0.15) is 27.1 Å². The Bertz CT molecular complexity index is 1660. The highest BCUT2D eigenvalue weighted by atomic mass is 19.4. The summed E-state index contributed by atoms with van der Waals surface area (Å²) in [6.07, 6.45) is -4.68. The minimum Gasteiger partial charge on any atom is -0.423 e. The number of aromatic nitrogens is 8. The standard InChI is InChI=1S/C23H21F5N10O2/c1-3-21(20-37-36-18(40-20)9-4-5-9)12-14(29)33-16(34-15(12)35-19(21)39)13-10-8-30-38(2)17(10)32-11(31-13)6-7-22(24,25)23(26,27)28/h8-9H,3-7H2,1-2H3,(H3,29,33,34,35,39). The molecule has 6 rings (SSSR count). The zero-order valence-corrected chi connectivity index (χ0v) is 21.1. The van der Waals surface area contributed by atoms with Crippen LogP contribution in [0.15, 0.2) is 10.6 Å². The molecule has 1 amide bonds. The zero-order valence-electron chi connectivity index (χ0n) is 21.1. The summed E-state index contributed by atoms with van der Waals surface area (Å²) in [5.41, 5.74) is 5.31. The fourth-order valence-corrected chi connectivity index (χ4v) is 4.78. The Hall–Kier alpha value is -4.31. The van der Waals surface area contributed by atoms with Gasteiger partial charge in [-0.25, -0.2) is 19.9 Å². The molecular formula is C23H21F5N10O2. The van der Waals surface area contributed by atoms with Crippen molar-refractivity contribution in [2.45, 2.75) is 62.5 Å². The van der Waals surface area contributed by atoms with Gasteiger partial charge in [-0.3, -0.25) is 9.48 Å². The summed E-state index contributed by atoms with van der Waals surface area (Å²) >= 11 is 0. The van der Waals surface area contributed by atoms with Crippen LogP contribution in [0.1, 0.15) is 61.7 Å². The molecule has 4 aromatic heterocycles. The van der Waals surface area contributed by atoms with Gasteiger partial charge in [0.1, 0.15) is 23.2 Å². The molecule has 0 radical (unpaired) electrons. The van der Waals surface area contributed by atoms with Gasteiger partial charge in [0.2, 0.25) is 17.7 Å². The molecule has 1 saturated carbocycles. The third kappa shape index (κ3) is 3.85. The molecular weight excluding hydrogens is 543 g/mol. The highest BCUT2D eigenvalue weighted by molar-refractivity contribution is 6.08. The largest absolute Gasteiger partial charge is 0.453 e. The molecule has 210 valence electrons. The third-order valence-corrected chi connectivity index (χ3v) is 7.17. The van der Waals surface area contributed by atoms with E-state index in [4.69, 9.17) is 10.2 Å². The molecule has 0 aromatic carbocycles. The van der Waals surface area contributed by atoms with Crippen molar-refractivity contribution in [1.29, 1.82) is 0 Å². The molecule has 0 saturated heterocycles. The minimum atomic E-state index is -5.72. The van der Waals surface area contributed by atoms with Crippen molar-refractivity contribution in [2.24, 2.45) is 7.05 Å². The number of fused-ring (bicyclic) bond motifs is 2. The van der Waals surface area contributed by atoms with Crippen molar-refractivity contribution < 1.29 is 31.2 Å². The average Bonchev–Trinajstić information content (AvgIpc) is 3.38. The van der Waals surface area contributed by atoms with Gasteiger partial charge in [-0.05, 0) is 19.3 Å². The van der Waals surface area contributed by atoms with Gasteiger partial charge in [-0.15, -0.1) is 10.2 Å². The number of halogens is 5. The Labute approximate surface area is 221 Å². The fraction of sp³-hybridized carbons (Fsp3) is 0.478. The normalized spacial score (nSPS) is 19.3. The zero-order chi connectivity index (χ0) is 28.6. The van der Waals surface area contributed by atoms with Gasteiger partial charge in [0.05, 0.1) is 17.1 Å². The minimum absolute atomic E-state index is 0.00465. The number of aryl methyl sites for hydroxylation is 2. The number of nitrogens with two attached hydrogens (primary N) is 1. The van der Waals surface area contributed by atoms with E-state index in [9.17, 15) is 26.7 Å². The summed E-state index contributed by atoms with van der Waals surface area (Å²) < 4.78 is 72.6. The summed E-state index contributed by atoms with van der Waals surface area (Å²) in [5, 5.41) is 15.3. The van der Waals surface area contributed by atoms with E-state index in [1.54, 1.807) is 6.92 Å². The van der Waals surface area contributed by atoms with E-state index in [1.165, 1.54) is 17.9 Å². The molecule has 40 heavy (non-hydrogen) atoms. The van der Waals surface area contributed by atoms with E-state index in [1.807, 2.05) is 0 Å². The number of nitrogen functional groups attached to an aromatic ring is 1. The van der Waals surface area contributed by atoms with Crippen molar-refractivity contribution in [3.63, 3.8) is 0 Å². The summed E-state index contributed by atoms with van der Waals surface area (Å²) in [6, 6.07) is 0. The van der Waals surface area contributed by atoms with Gasteiger partial charge in [-0.1, -0.05) is 6.92 Å². The quantitative estimate of drug-likeness (QED) is 0.318. The lowest BCUT2D eigenvalue weighted by atomic mass is 9.79. The molecule has 1 atom stereocenters. The molecule has 1 aliphatic heterocycles. The number of hydrogen-bond acceptors (Lipinski definition) is 10. The molecule has 1 unspecified atom stereocenters. The van der Waals surface area contributed by atoms with Crippen LogP contribution in [-0.4, -0.2) is 57.9 Å². The predicted octanol–water partition coefficient (Wildman–Crippen LogP) is 3.44. The number of nitrogens with one attached hydrogen (secondary N) is 1. The second-order valence-corrected chi connectivity index (χ2v) is 9.78. The molecule has 2 aliphatic rings. The number of hydrogen-bond donors (Lipinski definition) is 2. The summed E-state index contributed by atoms with van der Waals surface area (Å²) in [5.74, 6) is -5.26. The van der Waals surface area contributed by atoms with Crippen LogP contribution in [0.3, 0.4) is 0 Å². The number of rotatable bonds is 7. The Balaban J connectivity index is 1.44. The summed E-state index contributed by atoms with van der Waals surface area (Å²) in [7, 11) is 1.52. The summed E-state index contributed by atoms with van der Waals surface area (Å²) in [6.45, 7) is 1.75. The Morgan fingerprint density at radius 2 is 1.90 bits per heavy atom. The molecule has 0 bridgehead atoms. The van der Waals surface area contributed by atoms with E-state index in [-0.39, 0.29) is 58.4 Å². The predicted molar refractivity (Wildman–Crippen MR) is 127 cm³/mol. The highest BCUT2D eigenvalue weighted by Crippen LogP contribution is 2.48. The molecule has 1 aliphatic carbocycles.